The molecule has 0 N–H and O–H groups in total. The second-order valence-electron chi connectivity index (χ2n) is 5.62. The van der Waals surface area contributed by atoms with Crippen molar-refractivity contribution in [3.05, 3.63) is 12.2 Å². The SMILES string of the molecule is C=C1CC2CCC(C1)N2C(C)(C)C. The molecule has 1 heteroatoms. The average molecular weight is 179 g/mol. The smallest absolute Gasteiger partial charge is 0.0141 e. The first-order chi connectivity index (χ1) is 5.98. The predicted molar refractivity (Wildman–Crippen MR) is 56.8 cm³/mol. The Morgan fingerprint density at radius 3 is 2.00 bits per heavy atom. The zero-order valence-electron chi connectivity index (χ0n) is 9.14. The molecule has 0 aliphatic carbocycles. The third kappa shape index (κ3) is 1.54. The van der Waals surface area contributed by atoms with E-state index in [0.717, 1.165) is 12.1 Å². The van der Waals surface area contributed by atoms with Crippen LogP contribution in [0, 0.1) is 0 Å². The Labute approximate surface area is 81.8 Å². The molecule has 0 amide bonds. The van der Waals surface area contributed by atoms with Crippen LogP contribution in [0.2, 0.25) is 0 Å². The first kappa shape index (κ1) is 9.26. The van der Waals surface area contributed by atoms with Gasteiger partial charge in [0.1, 0.15) is 0 Å². The molecule has 2 fully saturated rings. The van der Waals surface area contributed by atoms with Gasteiger partial charge in [0.2, 0.25) is 0 Å². The molecule has 1 nitrogen and oxygen atoms in total. The van der Waals surface area contributed by atoms with E-state index in [9.17, 15) is 0 Å². The molecule has 0 aromatic heterocycles. The third-order valence-electron chi connectivity index (χ3n) is 3.44. The van der Waals surface area contributed by atoms with E-state index in [4.69, 9.17) is 0 Å². The lowest BCUT2D eigenvalue weighted by molar-refractivity contribution is 0.0604. The first-order valence-corrected chi connectivity index (χ1v) is 5.43. The average Bonchev–Trinajstić information content (AvgIpc) is 2.23. The van der Waals surface area contributed by atoms with E-state index in [2.05, 4.69) is 32.3 Å². The summed E-state index contributed by atoms with van der Waals surface area (Å²) in [6, 6.07) is 1.59. The fourth-order valence-electron chi connectivity index (χ4n) is 3.21. The molecule has 2 aliphatic rings. The van der Waals surface area contributed by atoms with Gasteiger partial charge in [0.05, 0.1) is 0 Å². The highest BCUT2D eigenvalue weighted by molar-refractivity contribution is 5.12. The summed E-state index contributed by atoms with van der Waals surface area (Å²) in [4.78, 5) is 2.72. The van der Waals surface area contributed by atoms with Gasteiger partial charge >= 0.3 is 0 Å². The van der Waals surface area contributed by atoms with Gasteiger partial charge in [-0.25, -0.2) is 0 Å². The van der Waals surface area contributed by atoms with Gasteiger partial charge in [-0.05, 0) is 46.5 Å². The highest BCUT2D eigenvalue weighted by Crippen LogP contribution is 2.41. The lowest BCUT2D eigenvalue weighted by Crippen LogP contribution is -2.51. The molecular formula is C12H21N. The third-order valence-corrected chi connectivity index (χ3v) is 3.44. The summed E-state index contributed by atoms with van der Waals surface area (Å²) in [6.45, 7) is 11.2. The standard InChI is InChI=1S/C12H21N/c1-9-7-10-5-6-11(8-9)13(10)12(2,3)4/h10-11H,1,5-8H2,2-4H3. The van der Waals surface area contributed by atoms with Crippen LogP contribution in [0.15, 0.2) is 12.2 Å². The van der Waals surface area contributed by atoms with Gasteiger partial charge in [-0.3, -0.25) is 4.90 Å². The highest BCUT2D eigenvalue weighted by atomic mass is 15.3. The Hall–Kier alpha value is -0.300. The quantitative estimate of drug-likeness (QED) is 0.517. The molecule has 2 atom stereocenters. The predicted octanol–water partition coefficient (Wildman–Crippen LogP) is 2.97. The Kier molecular flexibility index (Phi) is 2.03. The fraction of sp³-hybridized carbons (Fsp3) is 0.833. The maximum absolute atomic E-state index is 4.14. The maximum Gasteiger partial charge on any atom is 0.0141 e. The van der Waals surface area contributed by atoms with Crippen LogP contribution in [0.5, 0.6) is 0 Å². The van der Waals surface area contributed by atoms with Gasteiger partial charge in [0.15, 0.2) is 0 Å². The van der Waals surface area contributed by atoms with Crippen LogP contribution < -0.4 is 0 Å². The maximum atomic E-state index is 4.14. The van der Waals surface area contributed by atoms with Crippen LogP contribution in [0.1, 0.15) is 46.5 Å². The van der Waals surface area contributed by atoms with Crippen LogP contribution in [0.25, 0.3) is 0 Å². The van der Waals surface area contributed by atoms with Crippen molar-refractivity contribution in [2.45, 2.75) is 64.1 Å². The van der Waals surface area contributed by atoms with Crippen molar-refractivity contribution in [3.8, 4) is 0 Å². The molecule has 0 spiro atoms. The summed E-state index contributed by atoms with van der Waals surface area (Å²) in [6.07, 6.45) is 5.27. The molecular weight excluding hydrogens is 158 g/mol. The molecule has 2 heterocycles. The van der Waals surface area contributed by atoms with Gasteiger partial charge in [-0.1, -0.05) is 12.2 Å². The summed E-state index contributed by atoms with van der Waals surface area (Å²) in [7, 11) is 0. The molecule has 0 aromatic rings. The van der Waals surface area contributed by atoms with E-state index in [1.807, 2.05) is 0 Å². The number of piperidine rings is 1. The minimum absolute atomic E-state index is 0.354. The molecule has 0 aromatic carbocycles. The normalized spacial score (nSPS) is 35.5. The minimum Gasteiger partial charge on any atom is -0.292 e. The number of hydrogen-bond donors (Lipinski definition) is 0. The molecule has 2 saturated heterocycles. The molecule has 13 heavy (non-hydrogen) atoms. The zero-order valence-corrected chi connectivity index (χ0v) is 9.14. The van der Waals surface area contributed by atoms with Crippen molar-refractivity contribution < 1.29 is 0 Å². The van der Waals surface area contributed by atoms with Gasteiger partial charge in [-0.15, -0.1) is 0 Å². The number of nitrogens with zero attached hydrogens (tertiary/aromatic N) is 1. The molecule has 2 bridgehead atoms. The molecule has 2 unspecified atom stereocenters. The van der Waals surface area contributed by atoms with E-state index in [1.165, 1.54) is 31.3 Å². The number of rotatable bonds is 0. The zero-order chi connectivity index (χ0) is 9.64. The number of hydrogen-bond acceptors (Lipinski definition) is 1. The Morgan fingerprint density at radius 1 is 1.15 bits per heavy atom. The van der Waals surface area contributed by atoms with Crippen LogP contribution in [-0.2, 0) is 0 Å². The number of fused-ring (bicyclic) bond motifs is 2. The monoisotopic (exact) mass is 179 g/mol. The summed E-state index contributed by atoms with van der Waals surface area (Å²) in [5.41, 5.74) is 1.83. The molecule has 74 valence electrons. The molecule has 2 rings (SSSR count). The van der Waals surface area contributed by atoms with Gasteiger partial charge in [0, 0.05) is 17.6 Å². The van der Waals surface area contributed by atoms with E-state index in [0.29, 0.717) is 5.54 Å². The lowest BCUT2D eigenvalue weighted by atomic mass is 9.92. The van der Waals surface area contributed by atoms with Gasteiger partial charge in [0.25, 0.3) is 0 Å². The summed E-state index contributed by atoms with van der Waals surface area (Å²) >= 11 is 0. The fourth-order valence-corrected chi connectivity index (χ4v) is 3.21. The van der Waals surface area contributed by atoms with Gasteiger partial charge in [-0.2, -0.15) is 0 Å². The van der Waals surface area contributed by atoms with Crippen LogP contribution in [0.4, 0.5) is 0 Å². The Morgan fingerprint density at radius 2 is 1.62 bits per heavy atom. The van der Waals surface area contributed by atoms with E-state index >= 15 is 0 Å². The first-order valence-electron chi connectivity index (χ1n) is 5.43. The highest BCUT2D eigenvalue weighted by Gasteiger charge is 2.42. The van der Waals surface area contributed by atoms with Crippen molar-refractivity contribution in [2.75, 3.05) is 0 Å². The van der Waals surface area contributed by atoms with E-state index in [-0.39, 0.29) is 0 Å². The van der Waals surface area contributed by atoms with Crippen molar-refractivity contribution in [1.82, 2.24) is 4.90 Å². The van der Waals surface area contributed by atoms with Crippen LogP contribution in [0.3, 0.4) is 0 Å². The van der Waals surface area contributed by atoms with E-state index < -0.39 is 0 Å². The topological polar surface area (TPSA) is 3.24 Å². The van der Waals surface area contributed by atoms with Gasteiger partial charge < -0.3 is 0 Å². The van der Waals surface area contributed by atoms with Crippen molar-refractivity contribution in [1.29, 1.82) is 0 Å². The van der Waals surface area contributed by atoms with E-state index in [1.54, 1.807) is 0 Å². The van der Waals surface area contributed by atoms with Crippen molar-refractivity contribution in [3.63, 3.8) is 0 Å². The van der Waals surface area contributed by atoms with Crippen molar-refractivity contribution in [2.24, 2.45) is 0 Å². The lowest BCUT2D eigenvalue weighted by Gasteiger charge is -2.45. The Bertz CT molecular complexity index is 208. The molecule has 2 aliphatic heterocycles. The second-order valence-corrected chi connectivity index (χ2v) is 5.62. The Balaban J connectivity index is 2.19. The van der Waals surface area contributed by atoms with Crippen molar-refractivity contribution >= 4 is 0 Å². The summed E-state index contributed by atoms with van der Waals surface area (Å²) in [5, 5.41) is 0. The molecule has 0 saturated carbocycles. The molecule has 0 radical (unpaired) electrons. The summed E-state index contributed by atoms with van der Waals surface area (Å²) < 4.78 is 0. The minimum atomic E-state index is 0.354. The summed E-state index contributed by atoms with van der Waals surface area (Å²) in [5.74, 6) is 0. The second kappa shape index (κ2) is 2.84. The largest absolute Gasteiger partial charge is 0.292 e. The van der Waals surface area contributed by atoms with Crippen LogP contribution >= 0.6 is 0 Å². The van der Waals surface area contributed by atoms with Crippen LogP contribution in [-0.4, -0.2) is 22.5 Å².